The zero-order valence-electron chi connectivity index (χ0n) is 10.0. The van der Waals surface area contributed by atoms with Crippen LogP contribution in [0, 0.1) is 0 Å². The molecule has 0 fully saturated rings. The predicted octanol–water partition coefficient (Wildman–Crippen LogP) is 2.18. The molecule has 0 aliphatic carbocycles. The van der Waals surface area contributed by atoms with Gasteiger partial charge in [-0.05, 0) is 11.6 Å². The Labute approximate surface area is 109 Å². The monoisotopic (exact) mass is 253 g/mol. The summed E-state index contributed by atoms with van der Waals surface area (Å²) in [7, 11) is 0. The topological polar surface area (TPSA) is 68.0 Å². The summed E-state index contributed by atoms with van der Waals surface area (Å²) in [5.74, 6) is -1.02. The van der Waals surface area contributed by atoms with Crippen molar-refractivity contribution in [2.45, 2.75) is 6.54 Å². The highest BCUT2D eigenvalue weighted by atomic mass is 16.4. The summed E-state index contributed by atoms with van der Waals surface area (Å²) >= 11 is 0. The largest absolute Gasteiger partial charge is 0.476 e. The minimum atomic E-state index is -1.02. The van der Waals surface area contributed by atoms with E-state index in [0.29, 0.717) is 6.54 Å². The molecule has 5 heteroatoms. The fraction of sp³-hybridized carbons (Fsp3) is 0.0714. The average molecular weight is 253 g/mol. The molecule has 0 radical (unpaired) electrons. The van der Waals surface area contributed by atoms with Crippen molar-refractivity contribution in [1.29, 1.82) is 0 Å². The third-order valence-electron chi connectivity index (χ3n) is 2.92. The van der Waals surface area contributed by atoms with Gasteiger partial charge >= 0.3 is 5.97 Å². The van der Waals surface area contributed by atoms with Crippen molar-refractivity contribution in [3.8, 4) is 0 Å². The second-order valence-electron chi connectivity index (χ2n) is 4.23. The molecular weight excluding hydrogens is 242 g/mol. The van der Waals surface area contributed by atoms with Crippen molar-refractivity contribution in [3.63, 3.8) is 0 Å². The van der Waals surface area contributed by atoms with Crippen molar-refractivity contribution in [2.24, 2.45) is 0 Å². The van der Waals surface area contributed by atoms with Crippen LogP contribution < -0.4 is 0 Å². The Bertz CT molecular complexity index is 744. The van der Waals surface area contributed by atoms with Crippen LogP contribution in [0.15, 0.2) is 49.1 Å². The van der Waals surface area contributed by atoms with E-state index < -0.39 is 5.97 Å². The lowest BCUT2D eigenvalue weighted by Crippen LogP contribution is -1.99. The standard InChI is InChI=1S/C14H11N3O2/c18-14(19)12-8-17(9-16-12)7-11-4-1-3-10-5-2-6-15-13(10)11/h1-6,8-9H,7H2,(H,18,19). The quantitative estimate of drug-likeness (QED) is 0.776. The van der Waals surface area contributed by atoms with Gasteiger partial charge in [0.15, 0.2) is 5.69 Å². The highest BCUT2D eigenvalue weighted by Crippen LogP contribution is 2.17. The molecule has 3 aromatic rings. The van der Waals surface area contributed by atoms with Crippen molar-refractivity contribution >= 4 is 16.9 Å². The fourth-order valence-electron chi connectivity index (χ4n) is 2.05. The number of aromatic carboxylic acids is 1. The summed E-state index contributed by atoms with van der Waals surface area (Å²) in [5, 5.41) is 9.92. The highest BCUT2D eigenvalue weighted by molar-refractivity contribution is 5.85. The van der Waals surface area contributed by atoms with Gasteiger partial charge in [-0.2, -0.15) is 0 Å². The van der Waals surface area contributed by atoms with E-state index >= 15 is 0 Å². The number of carboxylic acids is 1. The molecule has 3 rings (SSSR count). The number of pyridine rings is 1. The number of fused-ring (bicyclic) bond motifs is 1. The third kappa shape index (κ3) is 2.18. The van der Waals surface area contributed by atoms with E-state index in [1.54, 1.807) is 10.8 Å². The third-order valence-corrected chi connectivity index (χ3v) is 2.92. The smallest absolute Gasteiger partial charge is 0.356 e. The molecule has 0 saturated carbocycles. The van der Waals surface area contributed by atoms with Gasteiger partial charge in [-0.15, -0.1) is 0 Å². The van der Waals surface area contributed by atoms with E-state index in [4.69, 9.17) is 5.11 Å². The number of nitrogens with zero attached hydrogens (tertiary/aromatic N) is 3. The molecule has 0 aliphatic rings. The Balaban J connectivity index is 1.98. The lowest BCUT2D eigenvalue weighted by atomic mass is 10.1. The molecule has 2 heterocycles. The Morgan fingerprint density at radius 1 is 1.21 bits per heavy atom. The summed E-state index contributed by atoms with van der Waals surface area (Å²) in [5.41, 5.74) is 2.01. The normalized spacial score (nSPS) is 10.7. The maximum atomic E-state index is 10.8. The van der Waals surface area contributed by atoms with Gasteiger partial charge in [-0.3, -0.25) is 4.98 Å². The first-order chi connectivity index (χ1) is 9.24. The molecule has 1 N–H and O–H groups in total. The van der Waals surface area contributed by atoms with Crippen LogP contribution >= 0.6 is 0 Å². The Kier molecular flexibility index (Phi) is 2.72. The lowest BCUT2D eigenvalue weighted by Gasteiger charge is -2.05. The van der Waals surface area contributed by atoms with Crippen LogP contribution in [0.5, 0.6) is 0 Å². The first kappa shape index (κ1) is 11.4. The van der Waals surface area contributed by atoms with Gasteiger partial charge in [-0.25, -0.2) is 9.78 Å². The fourth-order valence-corrected chi connectivity index (χ4v) is 2.05. The van der Waals surface area contributed by atoms with Gasteiger partial charge in [0.25, 0.3) is 0 Å². The number of hydrogen-bond donors (Lipinski definition) is 1. The second kappa shape index (κ2) is 4.53. The number of para-hydroxylation sites is 1. The molecule has 0 atom stereocenters. The number of benzene rings is 1. The first-order valence-corrected chi connectivity index (χ1v) is 5.82. The molecule has 19 heavy (non-hydrogen) atoms. The molecule has 1 aromatic carbocycles. The minimum Gasteiger partial charge on any atom is -0.476 e. The Morgan fingerprint density at radius 2 is 2.05 bits per heavy atom. The average Bonchev–Trinajstić information content (AvgIpc) is 2.88. The minimum absolute atomic E-state index is 0.0493. The Morgan fingerprint density at radius 3 is 2.84 bits per heavy atom. The van der Waals surface area contributed by atoms with Crippen molar-refractivity contribution in [3.05, 3.63) is 60.3 Å². The maximum absolute atomic E-state index is 10.8. The Hall–Kier alpha value is -2.69. The van der Waals surface area contributed by atoms with Crippen LogP contribution in [-0.4, -0.2) is 25.6 Å². The summed E-state index contributed by atoms with van der Waals surface area (Å²) < 4.78 is 1.74. The second-order valence-corrected chi connectivity index (χ2v) is 4.23. The van der Waals surface area contributed by atoms with E-state index in [2.05, 4.69) is 9.97 Å². The molecule has 0 unspecified atom stereocenters. The molecule has 0 aliphatic heterocycles. The van der Waals surface area contributed by atoms with Crippen LogP contribution in [0.4, 0.5) is 0 Å². The zero-order chi connectivity index (χ0) is 13.2. The molecular formula is C14H11N3O2. The first-order valence-electron chi connectivity index (χ1n) is 5.82. The summed E-state index contributed by atoms with van der Waals surface area (Å²) in [6, 6.07) is 9.85. The summed E-state index contributed by atoms with van der Waals surface area (Å²) in [4.78, 5) is 19.0. The van der Waals surface area contributed by atoms with Gasteiger partial charge in [0, 0.05) is 17.8 Å². The number of carboxylic acid groups (broad SMARTS) is 1. The molecule has 0 bridgehead atoms. The van der Waals surface area contributed by atoms with Gasteiger partial charge in [-0.1, -0.05) is 24.3 Å². The highest BCUT2D eigenvalue weighted by Gasteiger charge is 2.08. The molecule has 94 valence electrons. The van der Waals surface area contributed by atoms with Gasteiger partial charge < -0.3 is 9.67 Å². The van der Waals surface area contributed by atoms with Crippen molar-refractivity contribution in [2.75, 3.05) is 0 Å². The maximum Gasteiger partial charge on any atom is 0.356 e. The van der Waals surface area contributed by atoms with Crippen molar-refractivity contribution in [1.82, 2.24) is 14.5 Å². The molecule has 2 aromatic heterocycles. The number of hydrogen-bond acceptors (Lipinski definition) is 3. The lowest BCUT2D eigenvalue weighted by molar-refractivity contribution is 0.0691. The van der Waals surface area contributed by atoms with E-state index in [0.717, 1.165) is 16.5 Å². The molecule has 0 spiro atoms. The summed E-state index contributed by atoms with van der Waals surface area (Å²) in [6.45, 7) is 0.550. The molecule has 5 nitrogen and oxygen atoms in total. The number of carbonyl (C=O) groups is 1. The number of rotatable bonds is 3. The van der Waals surface area contributed by atoms with E-state index in [1.165, 1.54) is 12.5 Å². The summed E-state index contributed by atoms with van der Waals surface area (Å²) in [6.07, 6.45) is 4.79. The van der Waals surface area contributed by atoms with Crippen LogP contribution in [0.1, 0.15) is 16.1 Å². The molecule has 0 amide bonds. The van der Waals surface area contributed by atoms with E-state index in [9.17, 15) is 4.79 Å². The van der Waals surface area contributed by atoms with Crippen LogP contribution in [0.2, 0.25) is 0 Å². The molecule has 0 saturated heterocycles. The predicted molar refractivity (Wildman–Crippen MR) is 70.0 cm³/mol. The van der Waals surface area contributed by atoms with Crippen LogP contribution in [-0.2, 0) is 6.54 Å². The van der Waals surface area contributed by atoms with Crippen LogP contribution in [0.25, 0.3) is 10.9 Å². The zero-order valence-corrected chi connectivity index (χ0v) is 10.0. The number of imidazole rings is 1. The number of aromatic nitrogens is 3. The van der Waals surface area contributed by atoms with Gasteiger partial charge in [0.05, 0.1) is 18.4 Å². The van der Waals surface area contributed by atoms with Gasteiger partial charge in [0.1, 0.15) is 0 Å². The van der Waals surface area contributed by atoms with Crippen LogP contribution in [0.3, 0.4) is 0 Å². The van der Waals surface area contributed by atoms with Gasteiger partial charge in [0.2, 0.25) is 0 Å². The van der Waals surface area contributed by atoms with Crippen molar-refractivity contribution < 1.29 is 9.90 Å². The van der Waals surface area contributed by atoms with E-state index in [1.807, 2.05) is 30.3 Å². The SMILES string of the molecule is O=C(O)c1cn(Cc2cccc3cccnc23)cn1. The van der Waals surface area contributed by atoms with E-state index in [-0.39, 0.29) is 5.69 Å².